The van der Waals surface area contributed by atoms with Crippen LogP contribution in [-0.4, -0.2) is 11.2 Å². The van der Waals surface area contributed by atoms with Gasteiger partial charge in [-0.1, -0.05) is 69.5 Å². The second-order valence-corrected chi connectivity index (χ2v) is 5.71. The first-order valence-electron chi connectivity index (χ1n) is 5.98. The molecule has 0 radical (unpaired) electrons. The van der Waals surface area contributed by atoms with Gasteiger partial charge >= 0.3 is 0 Å². The minimum absolute atomic E-state index is 0.126. The minimum Gasteiger partial charge on any atom is -0.344 e. The summed E-state index contributed by atoms with van der Waals surface area (Å²) in [6, 6.07) is 14.4. The molecule has 5 heteroatoms. The third-order valence-corrected chi connectivity index (χ3v) is 4.05. The van der Waals surface area contributed by atoms with Gasteiger partial charge in [-0.05, 0) is 23.8 Å². The first-order valence-corrected chi connectivity index (χ1v) is 7.86. The first kappa shape index (κ1) is 15.4. The number of hydrogen-bond donors (Lipinski definition) is 1. The fraction of sp³-hybridized carbons (Fsp3) is 0.133. The number of carbonyl (C=O) groups excluding carboxylic acids is 1. The van der Waals surface area contributed by atoms with E-state index in [1.165, 1.54) is 0 Å². The van der Waals surface area contributed by atoms with Crippen molar-refractivity contribution in [2.75, 3.05) is 5.33 Å². The molecule has 0 aliphatic rings. The van der Waals surface area contributed by atoms with Crippen LogP contribution in [0.4, 0.5) is 0 Å². The monoisotopic (exact) mass is 371 g/mol. The van der Waals surface area contributed by atoms with Gasteiger partial charge in [-0.25, -0.2) is 0 Å². The highest BCUT2D eigenvalue weighted by molar-refractivity contribution is 9.09. The number of amides is 1. The maximum atomic E-state index is 12.3. The van der Waals surface area contributed by atoms with Crippen LogP contribution in [0.15, 0.2) is 48.5 Å². The van der Waals surface area contributed by atoms with Gasteiger partial charge in [0.15, 0.2) is 0 Å². The molecule has 0 saturated carbocycles. The summed E-state index contributed by atoms with van der Waals surface area (Å²) in [4.78, 5) is 12.3. The zero-order valence-electron chi connectivity index (χ0n) is 10.4. The smallest absolute Gasteiger partial charge is 0.253 e. The molecule has 2 aromatic rings. The molecule has 0 heterocycles. The maximum Gasteiger partial charge on any atom is 0.253 e. The highest BCUT2D eigenvalue weighted by Crippen LogP contribution is 2.22. The van der Waals surface area contributed by atoms with Crippen molar-refractivity contribution in [3.8, 4) is 0 Å². The number of benzene rings is 2. The molecule has 2 nitrogen and oxygen atoms in total. The van der Waals surface area contributed by atoms with Gasteiger partial charge in [-0.15, -0.1) is 0 Å². The van der Waals surface area contributed by atoms with Gasteiger partial charge in [0.25, 0.3) is 5.91 Å². The van der Waals surface area contributed by atoms with E-state index >= 15 is 0 Å². The Hall–Kier alpha value is -1.03. The molecule has 20 heavy (non-hydrogen) atoms. The largest absolute Gasteiger partial charge is 0.344 e. The van der Waals surface area contributed by atoms with E-state index in [0.29, 0.717) is 20.9 Å². The Balaban J connectivity index is 2.20. The Kier molecular flexibility index (Phi) is 5.46. The molecule has 0 aliphatic heterocycles. The molecule has 0 spiro atoms. The molecule has 0 bridgehead atoms. The summed E-state index contributed by atoms with van der Waals surface area (Å²) in [5.74, 6) is -0.245. The lowest BCUT2D eigenvalue weighted by atomic mass is 10.1. The Morgan fingerprint density at radius 1 is 1.15 bits per heavy atom. The minimum atomic E-state index is -0.245. The predicted octanol–water partition coefficient (Wildman–Crippen LogP) is 4.86. The van der Waals surface area contributed by atoms with E-state index in [9.17, 15) is 4.79 Å². The van der Waals surface area contributed by atoms with E-state index in [4.69, 9.17) is 23.2 Å². The molecule has 1 N–H and O–H groups in total. The van der Waals surface area contributed by atoms with Crippen molar-refractivity contribution in [1.29, 1.82) is 0 Å². The predicted molar refractivity (Wildman–Crippen MR) is 86.9 cm³/mol. The van der Waals surface area contributed by atoms with Gasteiger partial charge in [0.2, 0.25) is 0 Å². The van der Waals surface area contributed by atoms with Crippen LogP contribution in [0.2, 0.25) is 10.0 Å². The summed E-state index contributed by atoms with van der Waals surface area (Å²) < 4.78 is 0. The average molecular weight is 373 g/mol. The van der Waals surface area contributed by atoms with E-state index in [2.05, 4.69) is 21.2 Å². The molecule has 1 unspecified atom stereocenters. The third kappa shape index (κ3) is 3.75. The fourth-order valence-electron chi connectivity index (χ4n) is 1.80. The van der Waals surface area contributed by atoms with Gasteiger partial charge in [0.05, 0.1) is 16.6 Å². The van der Waals surface area contributed by atoms with E-state index < -0.39 is 0 Å². The van der Waals surface area contributed by atoms with Crippen molar-refractivity contribution in [2.45, 2.75) is 6.04 Å². The molecule has 0 aromatic heterocycles. The van der Waals surface area contributed by atoms with Crippen LogP contribution in [0, 0.1) is 0 Å². The maximum absolute atomic E-state index is 12.3. The first-order chi connectivity index (χ1) is 9.61. The standard InChI is InChI=1S/C15H12BrCl2NO/c16-9-14(10-4-2-1-3-5-10)19-15(20)12-8-11(17)6-7-13(12)18/h1-8,14H,9H2,(H,19,20). The molecular formula is C15H12BrCl2NO. The number of halogens is 3. The van der Waals surface area contributed by atoms with Crippen molar-refractivity contribution >= 4 is 45.0 Å². The van der Waals surface area contributed by atoms with Gasteiger partial charge in [0, 0.05) is 10.4 Å². The van der Waals surface area contributed by atoms with Crippen molar-refractivity contribution < 1.29 is 4.79 Å². The summed E-state index contributed by atoms with van der Waals surface area (Å²) in [7, 11) is 0. The Morgan fingerprint density at radius 2 is 1.85 bits per heavy atom. The SMILES string of the molecule is O=C(NC(CBr)c1ccccc1)c1cc(Cl)ccc1Cl. The third-order valence-electron chi connectivity index (χ3n) is 2.83. The topological polar surface area (TPSA) is 29.1 Å². The molecular weight excluding hydrogens is 361 g/mol. The van der Waals surface area contributed by atoms with Crippen LogP contribution in [0.5, 0.6) is 0 Å². The molecule has 2 rings (SSSR count). The number of carbonyl (C=O) groups is 1. The quantitative estimate of drug-likeness (QED) is 0.763. The van der Waals surface area contributed by atoms with E-state index in [0.717, 1.165) is 5.56 Å². The molecule has 1 atom stereocenters. The van der Waals surface area contributed by atoms with Crippen LogP contribution in [0.1, 0.15) is 22.0 Å². The second-order valence-electron chi connectivity index (χ2n) is 4.22. The Morgan fingerprint density at radius 3 is 2.50 bits per heavy atom. The number of nitrogens with one attached hydrogen (secondary N) is 1. The Bertz CT molecular complexity index is 604. The van der Waals surface area contributed by atoms with E-state index in [1.807, 2.05) is 30.3 Å². The lowest BCUT2D eigenvalue weighted by molar-refractivity contribution is 0.0941. The lowest BCUT2D eigenvalue weighted by Crippen LogP contribution is -2.29. The fourth-order valence-corrected chi connectivity index (χ4v) is 2.72. The number of alkyl halides is 1. The average Bonchev–Trinajstić information content (AvgIpc) is 2.48. The molecule has 0 fully saturated rings. The molecule has 2 aromatic carbocycles. The van der Waals surface area contributed by atoms with Crippen molar-refractivity contribution in [3.63, 3.8) is 0 Å². The van der Waals surface area contributed by atoms with Gasteiger partial charge in [0.1, 0.15) is 0 Å². The van der Waals surface area contributed by atoms with Crippen molar-refractivity contribution in [2.24, 2.45) is 0 Å². The van der Waals surface area contributed by atoms with Crippen LogP contribution < -0.4 is 5.32 Å². The molecule has 0 aliphatic carbocycles. The van der Waals surface area contributed by atoms with E-state index in [-0.39, 0.29) is 11.9 Å². The Labute approximate surface area is 136 Å². The van der Waals surface area contributed by atoms with Gasteiger partial charge < -0.3 is 5.32 Å². The van der Waals surface area contributed by atoms with Crippen molar-refractivity contribution in [1.82, 2.24) is 5.32 Å². The van der Waals surface area contributed by atoms with Crippen LogP contribution in [0.25, 0.3) is 0 Å². The summed E-state index contributed by atoms with van der Waals surface area (Å²) in [6.07, 6.45) is 0. The van der Waals surface area contributed by atoms with Crippen LogP contribution >= 0.6 is 39.1 Å². The second kappa shape index (κ2) is 7.11. The van der Waals surface area contributed by atoms with Crippen LogP contribution in [-0.2, 0) is 0 Å². The highest BCUT2D eigenvalue weighted by Gasteiger charge is 2.16. The summed E-state index contributed by atoms with van der Waals surface area (Å²) >= 11 is 15.3. The molecule has 0 saturated heterocycles. The zero-order valence-corrected chi connectivity index (χ0v) is 13.5. The summed E-state index contributed by atoms with van der Waals surface area (Å²) in [6.45, 7) is 0. The molecule has 1 amide bonds. The summed E-state index contributed by atoms with van der Waals surface area (Å²) in [5.41, 5.74) is 1.40. The number of hydrogen-bond acceptors (Lipinski definition) is 1. The van der Waals surface area contributed by atoms with E-state index in [1.54, 1.807) is 18.2 Å². The molecule has 104 valence electrons. The van der Waals surface area contributed by atoms with Crippen molar-refractivity contribution in [3.05, 3.63) is 69.7 Å². The van der Waals surface area contributed by atoms with Gasteiger partial charge in [-0.3, -0.25) is 4.79 Å². The zero-order chi connectivity index (χ0) is 14.5. The normalized spacial score (nSPS) is 11.9. The number of rotatable bonds is 4. The lowest BCUT2D eigenvalue weighted by Gasteiger charge is -2.17. The van der Waals surface area contributed by atoms with Gasteiger partial charge in [-0.2, -0.15) is 0 Å². The highest BCUT2D eigenvalue weighted by atomic mass is 79.9. The van der Waals surface area contributed by atoms with Crippen LogP contribution in [0.3, 0.4) is 0 Å². The summed E-state index contributed by atoms with van der Waals surface area (Å²) in [5, 5.41) is 4.41.